The predicted octanol–water partition coefficient (Wildman–Crippen LogP) is 3.58. The van der Waals surface area contributed by atoms with Crippen LogP contribution in [0.25, 0.3) is 0 Å². The molecule has 0 aliphatic rings. The molecule has 0 radical (unpaired) electrons. The lowest BCUT2D eigenvalue weighted by Gasteiger charge is -2.27. The van der Waals surface area contributed by atoms with Gasteiger partial charge < -0.3 is 5.32 Å². The second-order valence-electron chi connectivity index (χ2n) is 5.31. The maximum Gasteiger partial charge on any atom is -0.00407 e. The second kappa shape index (κ2) is 5.49. The Kier molecular flexibility index (Phi) is 4.55. The summed E-state index contributed by atoms with van der Waals surface area (Å²) in [5.74, 6) is 0. The number of rotatable bonds is 5. The Morgan fingerprint density at radius 1 is 1.19 bits per heavy atom. The standard InChI is InChI=1S/C15H25N/c1-6-16-10-9-15(4,5)14-11-12(2)7-8-13(14)3/h7-8,11,16H,6,9-10H2,1-5H3. The Balaban J connectivity index is 2.83. The highest BCUT2D eigenvalue weighted by molar-refractivity contribution is 5.35. The normalized spacial score (nSPS) is 11.8. The summed E-state index contributed by atoms with van der Waals surface area (Å²) in [7, 11) is 0. The SMILES string of the molecule is CCNCCC(C)(C)c1cc(C)ccc1C. The van der Waals surface area contributed by atoms with Crippen molar-refractivity contribution in [2.24, 2.45) is 0 Å². The Morgan fingerprint density at radius 2 is 1.88 bits per heavy atom. The van der Waals surface area contributed by atoms with Gasteiger partial charge in [-0.2, -0.15) is 0 Å². The average Bonchev–Trinajstić information content (AvgIpc) is 2.22. The van der Waals surface area contributed by atoms with E-state index in [1.807, 2.05) is 0 Å². The Morgan fingerprint density at radius 3 is 2.50 bits per heavy atom. The number of aryl methyl sites for hydroxylation is 2. The van der Waals surface area contributed by atoms with Gasteiger partial charge in [0, 0.05) is 0 Å². The van der Waals surface area contributed by atoms with Crippen LogP contribution in [0.5, 0.6) is 0 Å². The maximum atomic E-state index is 3.41. The van der Waals surface area contributed by atoms with E-state index >= 15 is 0 Å². The Hall–Kier alpha value is -0.820. The molecule has 0 atom stereocenters. The lowest BCUT2D eigenvalue weighted by Crippen LogP contribution is -2.26. The van der Waals surface area contributed by atoms with Crippen molar-refractivity contribution in [1.82, 2.24) is 5.32 Å². The van der Waals surface area contributed by atoms with Crippen LogP contribution in [0.1, 0.15) is 43.9 Å². The summed E-state index contributed by atoms with van der Waals surface area (Å²) < 4.78 is 0. The van der Waals surface area contributed by atoms with Crippen molar-refractivity contribution in [3.05, 3.63) is 34.9 Å². The van der Waals surface area contributed by atoms with E-state index in [0.29, 0.717) is 0 Å². The van der Waals surface area contributed by atoms with Gasteiger partial charge in [0.15, 0.2) is 0 Å². The zero-order valence-corrected chi connectivity index (χ0v) is 11.4. The molecule has 1 heteroatoms. The van der Waals surface area contributed by atoms with Crippen LogP contribution in [0.3, 0.4) is 0 Å². The minimum atomic E-state index is 0.262. The smallest absolute Gasteiger partial charge is 0.00407 e. The van der Waals surface area contributed by atoms with Crippen molar-refractivity contribution in [3.8, 4) is 0 Å². The molecule has 0 aliphatic heterocycles. The van der Waals surface area contributed by atoms with Crippen LogP contribution in [0, 0.1) is 13.8 Å². The van der Waals surface area contributed by atoms with E-state index < -0.39 is 0 Å². The zero-order valence-electron chi connectivity index (χ0n) is 11.4. The molecule has 0 fully saturated rings. The summed E-state index contributed by atoms with van der Waals surface area (Å²) in [6.07, 6.45) is 1.19. The van der Waals surface area contributed by atoms with Crippen molar-refractivity contribution in [3.63, 3.8) is 0 Å². The summed E-state index contributed by atoms with van der Waals surface area (Å²) in [6.45, 7) is 13.4. The van der Waals surface area contributed by atoms with E-state index in [0.717, 1.165) is 13.1 Å². The molecule has 0 spiro atoms. The largest absolute Gasteiger partial charge is 0.317 e. The zero-order chi connectivity index (χ0) is 12.2. The number of hydrogen-bond acceptors (Lipinski definition) is 1. The van der Waals surface area contributed by atoms with Gasteiger partial charge in [0.05, 0.1) is 0 Å². The first-order chi connectivity index (χ1) is 7.47. The monoisotopic (exact) mass is 219 g/mol. The molecule has 1 aromatic carbocycles. The molecule has 0 aliphatic carbocycles. The molecule has 1 N–H and O–H groups in total. The molecule has 0 saturated carbocycles. The number of hydrogen-bond donors (Lipinski definition) is 1. The third-order valence-corrected chi connectivity index (χ3v) is 3.30. The van der Waals surface area contributed by atoms with Crippen LogP contribution >= 0.6 is 0 Å². The lowest BCUT2D eigenvalue weighted by atomic mass is 9.79. The van der Waals surface area contributed by atoms with Gasteiger partial charge in [-0.05, 0) is 49.9 Å². The van der Waals surface area contributed by atoms with Crippen molar-refractivity contribution < 1.29 is 0 Å². The van der Waals surface area contributed by atoms with Gasteiger partial charge in [-0.1, -0.05) is 44.5 Å². The molecular weight excluding hydrogens is 194 g/mol. The molecular formula is C15H25N. The molecule has 90 valence electrons. The second-order valence-corrected chi connectivity index (χ2v) is 5.31. The maximum absolute atomic E-state index is 3.41. The van der Waals surface area contributed by atoms with Crippen LogP contribution < -0.4 is 5.32 Å². The van der Waals surface area contributed by atoms with E-state index in [4.69, 9.17) is 0 Å². The number of benzene rings is 1. The fourth-order valence-electron chi connectivity index (χ4n) is 2.18. The fraction of sp³-hybridized carbons (Fsp3) is 0.600. The summed E-state index contributed by atoms with van der Waals surface area (Å²) in [5, 5.41) is 3.41. The summed E-state index contributed by atoms with van der Waals surface area (Å²) in [6, 6.07) is 6.76. The first-order valence-corrected chi connectivity index (χ1v) is 6.26. The van der Waals surface area contributed by atoms with Gasteiger partial charge in [0.1, 0.15) is 0 Å². The van der Waals surface area contributed by atoms with Gasteiger partial charge in [-0.25, -0.2) is 0 Å². The van der Waals surface area contributed by atoms with Gasteiger partial charge in [-0.3, -0.25) is 0 Å². The molecule has 0 aromatic heterocycles. The first-order valence-electron chi connectivity index (χ1n) is 6.26. The van der Waals surface area contributed by atoms with E-state index in [2.05, 4.69) is 58.1 Å². The highest BCUT2D eigenvalue weighted by atomic mass is 14.8. The van der Waals surface area contributed by atoms with E-state index in [1.165, 1.54) is 23.1 Å². The minimum Gasteiger partial charge on any atom is -0.317 e. The average molecular weight is 219 g/mol. The van der Waals surface area contributed by atoms with Gasteiger partial charge in [-0.15, -0.1) is 0 Å². The highest BCUT2D eigenvalue weighted by Crippen LogP contribution is 2.29. The fourth-order valence-corrected chi connectivity index (χ4v) is 2.18. The van der Waals surface area contributed by atoms with Crippen LogP contribution in [-0.2, 0) is 5.41 Å². The number of nitrogens with one attached hydrogen (secondary N) is 1. The van der Waals surface area contributed by atoms with Crippen molar-refractivity contribution in [1.29, 1.82) is 0 Å². The highest BCUT2D eigenvalue weighted by Gasteiger charge is 2.21. The van der Waals surface area contributed by atoms with Gasteiger partial charge in [0.25, 0.3) is 0 Å². The predicted molar refractivity (Wildman–Crippen MR) is 72.1 cm³/mol. The van der Waals surface area contributed by atoms with Crippen LogP contribution in [0.4, 0.5) is 0 Å². The van der Waals surface area contributed by atoms with E-state index in [1.54, 1.807) is 0 Å². The molecule has 0 saturated heterocycles. The summed E-state index contributed by atoms with van der Waals surface area (Å²) in [4.78, 5) is 0. The summed E-state index contributed by atoms with van der Waals surface area (Å²) >= 11 is 0. The molecule has 16 heavy (non-hydrogen) atoms. The summed E-state index contributed by atoms with van der Waals surface area (Å²) in [5.41, 5.74) is 4.52. The van der Waals surface area contributed by atoms with E-state index in [-0.39, 0.29) is 5.41 Å². The molecule has 0 amide bonds. The van der Waals surface area contributed by atoms with E-state index in [9.17, 15) is 0 Å². The first kappa shape index (κ1) is 13.2. The molecule has 1 aromatic rings. The quantitative estimate of drug-likeness (QED) is 0.746. The van der Waals surface area contributed by atoms with Gasteiger partial charge >= 0.3 is 0 Å². The molecule has 0 heterocycles. The Bertz CT molecular complexity index is 339. The molecule has 0 unspecified atom stereocenters. The minimum absolute atomic E-state index is 0.262. The molecule has 1 rings (SSSR count). The van der Waals surface area contributed by atoms with Crippen molar-refractivity contribution in [2.45, 2.75) is 46.5 Å². The third-order valence-electron chi connectivity index (χ3n) is 3.30. The third kappa shape index (κ3) is 3.34. The topological polar surface area (TPSA) is 12.0 Å². The molecule has 1 nitrogen and oxygen atoms in total. The van der Waals surface area contributed by atoms with Crippen LogP contribution in [0.15, 0.2) is 18.2 Å². The lowest BCUT2D eigenvalue weighted by molar-refractivity contribution is 0.459. The van der Waals surface area contributed by atoms with Crippen molar-refractivity contribution >= 4 is 0 Å². The van der Waals surface area contributed by atoms with Crippen LogP contribution in [0.2, 0.25) is 0 Å². The van der Waals surface area contributed by atoms with Crippen molar-refractivity contribution in [2.75, 3.05) is 13.1 Å². The Labute approximate surface area is 100 Å². The van der Waals surface area contributed by atoms with Crippen LogP contribution in [-0.4, -0.2) is 13.1 Å². The molecule has 0 bridgehead atoms. The van der Waals surface area contributed by atoms with Gasteiger partial charge in [0.2, 0.25) is 0 Å².